The summed E-state index contributed by atoms with van der Waals surface area (Å²) in [6.07, 6.45) is 1.92. The minimum atomic E-state index is 0.678. The topological polar surface area (TPSA) is 35.6 Å². The van der Waals surface area contributed by atoms with Crippen LogP contribution >= 0.6 is 0 Å². The second-order valence-corrected chi connectivity index (χ2v) is 10.4. The van der Waals surface area contributed by atoms with E-state index in [1.54, 1.807) is 0 Å². The summed E-state index contributed by atoms with van der Waals surface area (Å²) in [6, 6.07) is 45.3. The van der Waals surface area contributed by atoms with Crippen LogP contribution in [0.4, 0.5) is 0 Å². The maximum Gasteiger partial charge on any atom is 0.235 e. The quantitative estimate of drug-likeness (QED) is 0.233. The summed E-state index contributed by atoms with van der Waals surface area (Å²) in [4.78, 5) is 9.84. The van der Waals surface area contributed by atoms with Crippen LogP contribution in [0.3, 0.4) is 0 Å². The number of hydrogen-bond acceptors (Lipinski definition) is 2. The molecule has 9 aromatic rings. The monoisotopic (exact) mass is 510 g/mol. The number of rotatable bonds is 2. The molecule has 0 spiro atoms. The first kappa shape index (κ1) is 21.5. The fraction of sp³-hybridized carbons (Fsp3) is 0. The van der Waals surface area contributed by atoms with Gasteiger partial charge in [-0.15, -0.1) is 0 Å². The Morgan fingerprint density at radius 2 is 1.05 bits per heavy atom. The minimum absolute atomic E-state index is 0.678. The van der Waals surface area contributed by atoms with Crippen LogP contribution in [0.25, 0.3) is 76.9 Å². The lowest BCUT2D eigenvalue weighted by atomic mass is 10.0. The Balaban J connectivity index is 1.47. The van der Waals surface area contributed by atoms with E-state index in [9.17, 15) is 0 Å². The lowest BCUT2D eigenvalue weighted by molar-refractivity contribution is 1.01. The summed E-state index contributed by atoms with van der Waals surface area (Å²) in [5, 5.41) is 8.38. The summed E-state index contributed by atoms with van der Waals surface area (Å²) < 4.78 is 4.60. The van der Waals surface area contributed by atoms with Gasteiger partial charge in [0.15, 0.2) is 0 Å². The number of benzene rings is 6. The van der Waals surface area contributed by atoms with Crippen LogP contribution in [0.1, 0.15) is 0 Å². The van der Waals surface area contributed by atoms with Crippen molar-refractivity contribution in [3.8, 4) is 11.6 Å². The number of aromatic nitrogens is 4. The zero-order chi connectivity index (χ0) is 26.2. The SMILES string of the molecule is c1ccc(-n2c3cc4ccccc4cc3c3cc4c5ccccc5n(-c5ncc6ccccc6n5)c4cc32)cc1. The lowest BCUT2D eigenvalue weighted by Crippen LogP contribution is -2.01. The Bertz CT molecular complexity index is 2430. The average Bonchev–Trinajstić information content (AvgIpc) is 3.50. The first-order chi connectivity index (χ1) is 19.8. The third kappa shape index (κ3) is 2.96. The largest absolute Gasteiger partial charge is 0.309 e. The van der Waals surface area contributed by atoms with E-state index in [0.717, 1.165) is 33.1 Å². The van der Waals surface area contributed by atoms with Crippen molar-refractivity contribution in [3.63, 3.8) is 0 Å². The molecule has 0 aliphatic rings. The van der Waals surface area contributed by atoms with Crippen LogP contribution in [0.5, 0.6) is 0 Å². The Hall–Kier alpha value is -5.48. The Morgan fingerprint density at radius 1 is 0.425 bits per heavy atom. The molecule has 0 bridgehead atoms. The van der Waals surface area contributed by atoms with Gasteiger partial charge in [0.25, 0.3) is 0 Å². The zero-order valence-corrected chi connectivity index (χ0v) is 21.5. The summed E-state index contributed by atoms with van der Waals surface area (Å²) in [7, 11) is 0. The van der Waals surface area contributed by atoms with E-state index in [2.05, 4.69) is 118 Å². The summed E-state index contributed by atoms with van der Waals surface area (Å²) in [6.45, 7) is 0. The molecule has 3 heterocycles. The van der Waals surface area contributed by atoms with Gasteiger partial charge in [0.2, 0.25) is 5.95 Å². The molecule has 0 unspecified atom stereocenters. The highest BCUT2D eigenvalue weighted by Gasteiger charge is 2.19. The van der Waals surface area contributed by atoms with Gasteiger partial charge in [-0.3, -0.25) is 4.57 Å². The molecule has 0 aliphatic heterocycles. The van der Waals surface area contributed by atoms with Crippen LogP contribution in [-0.4, -0.2) is 19.1 Å². The van der Waals surface area contributed by atoms with Crippen molar-refractivity contribution in [2.24, 2.45) is 0 Å². The van der Waals surface area contributed by atoms with Gasteiger partial charge in [0.1, 0.15) is 0 Å². The van der Waals surface area contributed by atoms with E-state index in [1.165, 1.54) is 37.8 Å². The van der Waals surface area contributed by atoms with Crippen molar-refractivity contribution < 1.29 is 0 Å². The molecule has 3 aromatic heterocycles. The first-order valence-electron chi connectivity index (χ1n) is 13.5. The van der Waals surface area contributed by atoms with Crippen molar-refractivity contribution in [1.82, 2.24) is 19.1 Å². The smallest absolute Gasteiger partial charge is 0.235 e. The average molecular weight is 511 g/mol. The summed E-state index contributed by atoms with van der Waals surface area (Å²) in [5.41, 5.74) is 6.63. The van der Waals surface area contributed by atoms with Gasteiger partial charge in [0, 0.05) is 38.8 Å². The number of hydrogen-bond donors (Lipinski definition) is 0. The Labute approximate surface area is 229 Å². The molecule has 0 atom stereocenters. The number of para-hydroxylation sites is 3. The van der Waals surface area contributed by atoms with Crippen LogP contribution in [0, 0.1) is 0 Å². The van der Waals surface area contributed by atoms with E-state index < -0.39 is 0 Å². The molecule has 0 radical (unpaired) electrons. The highest BCUT2D eigenvalue weighted by Crippen LogP contribution is 2.40. The maximum absolute atomic E-state index is 5.00. The molecule has 0 N–H and O–H groups in total. The Kier molecular flexibility index (Phi) is 4.30. The second kappa shape index (κ2) is 8.01. The highest BCUT2D eigenvalue weighted by atomic mass is 15.2. The standard InChI is InChI=1S/C36H22N4/c1-2-13-26(14-3-1)39-33-19-24-11-5-4-10-23(24)18-28(33)30-20-29-27-15-7-9-17-32(27)40(35(29)21-34(30)39)36-37-22-25-12-6-8-16-31(25)38-36/h1-22H. The lowest BCUT2D eigenvalue weighted by Gasteiger charge is -2.09. The van der Waals surface area contributed by atoms with Crippen LogP contribution in [0.15, 0.2) is 134 Å². The molecule has 9 rings (SSSR count). The van der Waals surface area contributed by atoms with Crippen LogP contribution < -0.4 is 0 Å². The molecule has 4 heteroatoms. The number of fused-ring (bicyclic) bond motifs is 8. The van der Waals surface area contributed by atoms with E-state index in [-0.39, 0.29) is 0 Å². The third-order valence-corrected chi connectivity index (χ3v) is 8.12. The van der Waals surface area contributed by atoms with Gasteiger partial charge in [-0.25, -0.2) is 9.97 Å². The van der Waals surface area contributed by atoms with Gasteiger partial charge in [0.05, 0.1) is 27.6 Å². The normalized spacial score (nSPS) is 12.0. The molecule has 0 saturated heterocycles. The van der Waals surface area contributed by atoms with Crippen molar-refractivity contribution >= 4 is 65.3 Å². The zero-order valence-electron chi connectivity index (χ0n) is 21.5. The van der Waals surface area contributed by atoms with Gasteiger partial charge in [-0.1, -0.05) is 78.9 Å². The molecule has 186 valence electrons. The molecular formula is C36H22N4. The van der Waals surface area contributed by atoms with Crippen molar-refractivity contribution in [2.45, 2.75) is 0 Å². The molecule has 0 saturated carbocycles. The molecule has 40 heavy (non-hydrogen) atoms. The van der Waals surface area contributed by atoms with Crippen LogP contribution in [-0.2, 0) is 0 Å². The minimum Gasteiger partial charge on any atom is -0.309 e. The molecular weight excluding hydrogens is 488 g/mol. The van der Waals surface area contributed by atoms with E-state index >= 15 is 0 Å². The fourth-order valence-corrected chi connectivity index (χ4v) is 6.30. The molecule has 0 fully saturated rings. The van der Waals surface area contributed by atoms with Gasteiger partial charge in [-0.2, -0.15) is 0 Å². The summed E-state index contributed by atoms with van der Waals surface area (Å²) >= 11 is 0. The van der Waals surface area contributed by atoms with Crippen molar-refractivity contribution in [3.05, 3.63) is 134 Å². The van der Waals surface area contributed by atoms with Gasteiger partial charge in [-0.05, 0) is 59.3 Å². The predicted octanol–water partition coefficient (Wildman–Crippen LogP) is 8.98. The fourth-order valence-electron chi connectivity index (χ4n) is 6.30. The van der Waals surface area contributed by atoms with Crippen LogP contribution in [0.2, 0.25) is 0 Å². The van der Waals surface area contributed by atoms with E-state index in [1.807, 2.05) is 24.4 Å². The Morgan fingerprint density at radius 3 is 1.93 bits per heavy atom. The molecule has 0 amide bonds. The van der Waals surface area contributed by atoms with E-state index in [0.29, 0.717) is 5.95 Å². The van der Waals surface area contributed by atoms with Gasteiger partial charge >= 0.3 is 0 Å². The molecule has 0 aliphatic carbocycles. The summed E-state index contributed by atoms with van der Waals surface area (Å²) in [5.74, 6) is 0.678. The van der Waals surface area contributed by atoms with Crippen molar-refractivity contribution in [1.29, 1.82) is 0 Å². The van der Waals surface area contributed by atoms with Gasteiger partial charge < -0.3 is 4.57 Å². The van der Waals surface area contributed by atoms with E-state index in [4.69, 9.17) is 9.97 Å². The third-order valence-electron chi connectivity index (χ3n) is 8.12. The van der Waals surface area contributed by atoms with Crippen molar-refractivity contribution in [2.75, 3.05) is 0 Å². The second-order valence-electron chi connectivity index (χ2n) is 10.4. The predicted molar refractivity (Wildman–Crippen MR) is 166 cm³/mol. The molecule has 4 nitrogen and oxygen atoms in total. The highest BCUT2D eigenvalue weighted by molar-refractivity contribution is 6.20. The molecule has 6 aromatic carbocycles. The first-order valence-corrected chi connectivity index (χ1v) is 13.5. The maximum atomic E-state index is 5.00. The number of nitrogens with zero attached hydrogens (tertiary/aromatic N) is 4.